The lowest BCUT2D eigenvalue weighted by molar-refractivity contribution is -0.136. The first-order chi connectivity index (χ1) is 8.43. The molecule has 0 spiro atoms. The van der Waals surface area contributed by atoms with Gasteiger partial charge in [-0.25, -0.2) is 4.39 Å². The summed E-state index contributed by atoms with van der Waals surface area (Å²) >= 11 is 0. The van der Waals surface area contributed by atoms with E-state index in [1.165, 1.54) is 18.2 Å². The van der Waals surface area contributed by atoms with E-state index in [1.807, 2.05) is 13.8 Å². The Bertz CT molecular complexity index is 460. The molecule has 0 saturated carbocycles. The fraction of sp³-hybridized carbons (Fsp3) is 0.385. The van der Waals surface area contributed by atoms with Gasteiger partial charge in [-0.2, -0.15) is 0 Å². The van der Waals surface area contributed by atoms with E-state index in [-0.39, 0.29) is 11.9 Å². The first kappa shape index (κ1) is 14.2. The summed E-state index contributed by atoms with van der Waals surface area (Å²) in [4.78, 5) is 23.1. The number of nitrogens with one attached hydrogen (secondary N) is 2. The van der Waals surface area contributed by atoms with Gasteiger partial charge in [0, 0.05) is 11.7 Å². The van der Waals surface area contributed by atoms with Crippen LogP contribution in [0.15, 0.2) is 18.2 Å². The highest BCUT2D eigenvalue weighted by Gasteiger charge is 2.16. The van der Waals surface area contributed by atoms with Crippen LogP contribution in [-0.4, -0.2) is 17.9 Å². The van der Waals surface area contributed by atoms with Crippen molar-refractivity contribution in [3.8, 4) is 0 Å². The van der Waals surface area contributed by atoms with E-state index in [1.54, 1.807) is 6.92 Å². The van der Waals surface area contributed by atoms with E-state index in [9.17, 15) is 14.0 Å². The van der Waals surface area contributed by atoms with Gasteiger partial charge in [0.2, 0.25) is 0 Å². The molecule has 1 atom stereocenters. The Morgan fingerprint density at radius 2 is 2.00 bits per heavy atom. The molecule has 0 aliphatic heterocycles. The molecule has 0 bridgehead atoms. The Morgan fingerprint density at radius 3 is 2.56 bits per heavy atom. The van der Waals surface area contributed by atoms with Crippen molar-refractivity contribution in [3.05, 3.63) is 29.6 Å². The normalized spacial score (nSPS) is 11.8. The van der Waals surface area contributed by atoms with Crippen LogP contribution in [0.1, 0.15) is 25.8 Å². The molecular formula is C13H17FN2O2. The van der Waals surface area contributed by atoms with Gasteiger partial charge in [0.05, 0.1) is 0 Å². The van der Waals surface area contributed by atoms with Crippen molar-refractivity contribution in [1.82, 2.24) is 5.32 Å². The highest BCUT2D eigenvalue weighted by molar-refractivity contribution is 6.39. The second-order valence-corrected chi connectivity index (χ2v) is 4.20. The van der Waals surface area contributed by atoms with Gasteiger partial charge >= 0.3 is 11.8 Å². The first-order valence-corrected chi connectivity index (χ1v) is 5.82. The maximum atomic E-state index is 12.9. The summed E-state index contributed by atoms with van der Waals surface area (Å²) < 4.78 is 12.9. The standard InChI is InChI=1S/C13H17FN2O2/c1-4-9(3)15-12(17)13(18)16-11-6-5-10(14)7-8(11)2/h5-7,9H,4H2,1-3H3,(H,15,17)(H,16,18)/t9-/m0/s1. The Balaban J connectivity index is 2.67. The summed E-state index contributed by atoms with van der Waals surface area (Å²) in [6.45, 7) is 5.38. The molecule has 0 saturated heterocycles. The summed E-state index contributed by atoms with van der Waals surface area (Å²) in [7, 11) is 0. The summed E-state index contributed by atoms with van der Waals surface area (Å²) in [5, 5.41) is 5.00. The van der Waals surface area contributed by atoms with Crippen LogP contribution in [0.2, 0.25) is 0 Å². The molecule has 0 aliphatic carbocycles. The minimum absolute atomic E-state index is 0.0578. The van der Waals surface area contributed by atoms with Gasteiger partial charge in [-0.15, -0.1) is 0 Å². The zero-order valence-corrected chi connectivity index (χ0v) is 10.7. The quantitative estimate of drug-likeness (QED) is 0.808. The number of aryl methyl sites for hydroxylation is 1. The Hall–Kier alpha value is -1.91. The van der Waals surface area contributed by atoms with E-state index >= 15 is 0 Å². The van der Waals surface area contributed by atoms with Gasteiger partial charge in [-0.3, -0.25) is 9.59 Å². The molecule has 0 aliphatic rings. The molecule has 18 heavy (non-hydrogen) atoms. The number of hydrogen-bond donors (Lipinski definition) is 2. The summed E-state index contributed by atoms with van der Waals surface area (Å²) in [5.41, 5.74) is 1.00. The molecule has 0 heterocycles. The molecule has 1 aromatic rings. The number of rotatable bonds is 3. The number of halogens is 1. The van der Waals surface area contributed by atoms with E-state index in [2.05, 4.69) is 10.6 Å². The number of carbonyl (C=O) groups is 2. The molecule has 1 rings (SSSR count). The summed E-state index contributed by atoms with van der Waals surface area (Å²) in [6.07, 6.45) is 0.745. The van der Waals surface area contributed by atoms with Crippen molar-refractivity contribution < 1.29 is 14.0 Å². The SMILES string of the molecule is CC[C@H](C)NC(=O)C(=O)Nc1ccc(F)cc1C. The summed E-state index contributed by atoms with van der Waals surface area (Å²) in [5.74, 6) is -1.81. The fourth-order valence-electron chi connectivity index (χ4n) is 1.34. The van der Waals surface area contributed by atoms with Gasteiger partial charge in [0.1, 0.15) is 5.82 Å². The van der Waals surface area contributed by atoms with Gasteiger partial charge < -0.3 is 10.6 Å². The highest BCUT2D eigenvalue weighted by atomic mass is 19.1. The molecule has 0 radical (unpaired) electrons. The van der Waals surface area contributed by atoms with Crippen LogP contribution in [0.5, 0.6) is 0 Å². The average Bonchev–Trinajstić information content (AvgIpc) is 2.32. The second kappa shape index (κ2) is 6.14. The Morgan fingerprint density at radius 1 is 1.33 bits per heavy atom. The smallest absolute Gasteiger partial charge is 0.313 e. The maximum Gasteiger partial charge on any atom is 0.313 e. The Labute approximate surface area is 106 Å². The van der Waals surface area contributed by atoms with E-state index < -0.39 is 11.8 Å². The van der Waals surface area contributed by atoms with Crippen LogP contribution in [0.4, 0.5) is 10.1 Å². The van der Waals surface area contributed by atoms with Crippen LogP contribution in [0.3, 0.4) is 0 Å². The van der Waals surface area contributed by atoms with Gasteiger partial charge in [0.25, 0.3) is 0 Å². The number of anilines is 1. The topological polar surface area (TPSA) is 58.2 Å². The molecule has 0 fully saturated rings. The van der Waals surface area contributed by atoms with Crippen LogP contribution in [0, 0.1) is 12.7 Å². The largest absolute Gasteiger partial charge is 0.345 e. The van der Waals surface area contributed by atoms with Crippen molar-refractivity contribution in [2.75, 3.05) is 5.32 Å². The zero-order chi connectivity index (χ0) is 13.7. The van der Waals surface area contributed by atoms with Crippen LogP contribution < -0.4 is 10.6 Å². The van der Waals surface area contributed by atoms with Crippen molar-refractivity contribution in [2.24, 2.45) is 0 Å². The predicted molar refractivity (Wildman–Crippen MR) is 67.7 cm³/mol. The third-order valence-electron chi connectivity index (χ3n) is 2.63. The average molecular weight is 252 g/mol. The third kappa shape index (κ3) is 3.84. The molecule has 2 N–H and O–H groups in total. The minimum Gasteiger partial charge on any atom is -0.345 e. The third-order valence-corrected chi connectivity index (χ3v) is 2.63. The first-order valence-electron chi connectivity index (χ1n) is 5.82. The molecular weight excluding hydrogens is 235 g/mol. The van der Waals surface area contributed by atoms with Crippen molar-refractivity contribution >= 4 is 17.5 Å². The molecule has 0 aromatic heterocycles. The van der Waals surface area contributed by atoms with Gasteiger partial charge in [0.15, 0.2) is 0 Å². The van der Waals surface area contributed by atoms with E-state index in [0.29, 0.717) is 11.3 Å². The van der Waals surface area contributed by atoms with E-state index in [0.717, 1.165) is 6.42 Å². The molecule has 1 aromatic carbocycles. The molecule has 0 unspecified atom stereocenters. The predicted octanol–water partition coefficient (Wildman–Crippen LogP) is 1.99. The van der Waals surface area contributed by atoms with Gasteiger partial charge in [-0.05, 0) is 44.0 Å². The highest BCUT2D eigenvalue weighted by Crippen LogP contribution is 2.15. The number of benzene rings is 1. The van der Waals surface area contributed by atoms with Gasteiger partial charge in [-0.1, -0.05) is 6.92 Å². The van der Waals surface area contributed by atoms with Crippen molar-refractivity contribution in [1.29, 1.82) is 0 Å². The maximum absolute atomic E-state index is 12.9. The lowest BCUT2D eigenvalue weighted by atomic mass is 10.2. The van der Waals surface area contributed by atoms with Crippen molar-refractivity contribution in [2.45, 2.75) is 33.2 Å². The zero-order valence-electron chi connectivity index (χ0n) is 10.7. The lowest BCUT2D eigenvalue weighted by Gasteiger charge is -2.12. The van der Waals surface area contributed by atoms with Crippen LogP contribution >= 0.6 is 0 Å². The second-order valence-electron chi connectivity index (χ2n) is 4.20. The number of hydrogen-bond acceptors (Lipinski definition) is 2. The molecule has 4 nitrogen and oxygen atoms in total. The fourth-order valence-corrected chi connectivity index (χ4v) is 1.34. The molecule has 5 heteroatoms. The Kier molecular flexibility index (Phi) is 4.83. The van der Waals surface area contributed by atoms with Crippen molar-refractivity contribution in [3.63, 3.8) is 0 Å². The monoisotopic (exact) mass is 252 g/mol. The minimum atomic E-state index is -0.745. The van der Waals surface area contributed by atoms with Crippen LogP contribution in [0.25, 0.3) is 0 Å². The molecule has 2 amide bonds. The summed E-state index contributed by atoms with van der Waals surface area (Å²) in [6, 6.07) is 3.90. The number of carbonyl (C=O) groups excluding carboxylic acids is 2. The lowest BCUT2D eigenvalue weighted by Crippen LogP contribution is -2.40. The van der Waals surface area contributed by atoms with E-state index in [4.69, 9.17) is 0 Å². The van der Waals surface area contributed by atoms with Crippen LogP contribution in [-0.2, 0) is 9.59 Å². The molecule has 98 valence electrons. The number of amides is 2.